The van der Waals surface area contributed by atoms with Gasteiger partial charge in [0, 0.05) is 16.0 Å². The third kappa shape index (κ3) is 3.15. The number of anilines is 1. The Morgan fingerprint density at radius 1 is 1.40 bits per heavy atom. The molecule has 0 aromatic carbocycles. The van der Waals surface area contributed by atoms with Gasteiger partial charge < -0.3 is 10.7 Å². The van der Waals surface area contributed by atoms with Crippen LogP contribution in [0.5, 0.6) is 0 Å². The zero-order chi connectivity index (χ0) is 14.7. The molecule has 0 aliphatic carbocycles. The summed E-state index contributed by atoms with van der Waals surface area (Å²) < 4.78 is 0. The number of nitrogens with one attached hydrogen (secondary N) is 2. The molecule has 2 rings (SSSR count). The predicted octanol–water partition coefficient (Wildman–Crippen LogP) is 2.54. The summed E-state index contributed by atoms with van der Waals surface area (Å²) in [6, 6.07) is 5.38. The topological polar surface area (TPSA) is 80.0 Å². The van der Waals surface area contributed by atoms with Crippen molar-refractivity contribution in [2.75, 3.05) is 5.43 Å². The molecule has 2 aromatic rings. The van der Waals surface area contributed by atoms with E-state index in [1.54, 1.807) is 29.7 Å². The molecule has 20 heavy (non-hydrogen) atoms. The van der Waals surface area contributed by atoms with E-state index in [4.69, 9.17) is 5.84 Å². The van der Waals surface area contributed by atoms with Crippen molar-refractivity contribution < 1.29 is 4.79 Å². The molecular formula is C14H18N4OS. The highest BCUT2D eigenvalue weighted by Gasteiger charge is 2.15. The Morgan fingerprint density at radius 3 is 2.75 bits per heavy atom. The number of pyridine rings is 1. The van der Waals surface area contributed by atoms with E-state index in [9.17, 15) is 4.79 Å². The first-order valence-corrected chi connectivity index (χ1v) is 7.13. The highest BCUT2D eigenvalue weighted by atomic mass is 32.1. The maximum Gasteiger partial charge on any atom is 0.270 e. The van der Waals surface area contributed by atoms with Gasteiger partial charge in [-0.2, -0.15) is 0 Å². The van der Waals surface area contributed by atoms with Gasteiger partial charge in [0.15, 0.2) is 0 Å². The normalized spacial score (nSPS) is 12.0. The number of thiophene rings is 1. The van der Waals surface area contributed by atoms with Gasteiger partial charge in [-0.1, -0.05) is 0 Å². The fourth-order valence-corrected chi connectivity index (χ4v) is 3.10. The second-order valence-electron chi connectivity index (χ2n) is 4.64. The van der Waals surface area contributed by atoms with Gasteiger partial charge in [0.05, 0.1) is 11.7 Å². The van der Waals surface area contributed by atoms with Crippen LogP contribution in [0.25, 0.3) is 0 Å². The number of amides is 1. The molecule has 0 spiro atoms. The summed E-state index contributed by atoms with van der Waals surface area (Å²) in [4.78, 5) is 18.7. The second-order valence-corrected chi connectivity index (χ2v) is 6.10. The molecule has 2 heterocycles. The Bertz CT molecular complexity index is 623. The van der Waals surface area contributed by atoms with Crippen molar-refractivity contribution in [1.82, 2.24) is 10.3 Å². The molecule has 1 unspecified atom stereocenters. The molecule has 0 fully saturated rings. The number of rotatable bonds is 4. The second kappa shape index (κ2) is 6.02. The number of carbonyl (C=O) groups is 1. The monoisotopic (exact) mass is 290 g/mol. The predicted molar refractivity (Wildman–Crippen MR) is 81.7 cm³/mol. The molecule has 0 bridgehead atoms. The van der Waals surface area contributed by atoms with E-state index >= 15 is 0 Å². The summed E-state index contributed by atoms with van der Waals surface area (Å²) in [5.41, 5.74) is 4.65. The van der Waals surface area contributed by atoms with Gasteiger partial charge in [-0.05, 0) is 44.5 Å². The highest BCUT2D eigenvalue weighted by molar-refractivity contribution is 7.12. The average molecular weight is 290 g/mol. The Labute approximate surface area is 122 Å². The summed E-state index contributed by atoms with van der Waals surface area (Å²) in [6.45, 7) is 6.10. The Morgan fingerprint density at radius 2 is 2.15 bits per heavy atom. The first-order chi connectivity index (χ1) is 9.51. The van der Waals surface area contributed by atoms with Crippen LogP contribution in [0, 0.1) is 13.8 Å². The zero-order valence-corrected chi connectivity index (χ0v) is 12.5. The number of aromatic nitrogens is 1. The number of nitrogens with zero attached hydrogens (tertiary/aromatic N) is 1. The van der Waals surface area contributed by atoms with Gasteiger partial charge in [0.25, 0.3) is 5.91 Å². The van der Waals surface area contributed by atoms with Crippen LogP contribution < -0.4 is 16.6 Å². The lowest BCUT2D eigenvalue weighted by Crippen LogP contribution is -2.27. The third-order valence-electron chi connectivity index (χ3n) is 3.05. The number of aryl methyl sites for hydroxylation is 2. The molecule has 5 nitrogen and oxygen atoms in total. The summed E-state index contributed by atoms with van der Waals surface area (Å²) in [5, 5.41) is 2.95. The van der Waals surface area contributed by atoms with Gasteiger partial charge in [-0.25, -0.2) is 0 Å². The van der Waals surface area contributed by atoms with E-state index < -0.39 is 0 Å². The Hall–Kier alpha value is -1.92. The van der Waals surface area contributed by atoms with Gasteiger partial charge >= 0.3 is 0 Å². The number of nitrogen functional groups attached to an aromatic ring is 1. The van der Waals surface area contributed by atoms with E-state index in [0.29, 0.717) is 11.4 Å². The fourth-order valence-electron chi connectivity index (χ4n) is 2.07. The third-order valence-corrected chi connectivity index (χ3v) is 4.03. The SMILES string of the molecule is Cc1cc(C(C)NC(=O)c2cc(NN)ccn2)c(C)s1. The highest BCUT2D eigenvalue weighted by Crippen LogP contribution is 2.26. The molecule has 1 amide bonds. The summed E-state index contributed by atoms with van der Waals surface area (Å²) >= 11 is 1.73. The van der Waals surface area contributed by atoms with Gasteiger partial charge in [0.2, 0.25) is 0 Å². The van der Waals surface area contributed by atoms with Crippen LogP contribution >= 0.6 is 11.3 Å². The number of carbonyl (C=O) groups excluding carboxylic acids is 1. The van der Waals surface area contributed by atoms with E-state index in [-0.39, 0.29) is 11.9 Å². The molecule has 6 heteroatoms. The lowest BCUT2D eigenvalue weighted by atomic mass is 10.1. The van der Waals surface area contributed by atoms with E-state index in [2.05, 4.69) is 35.6 Å². The minimum Gasteiger partial charge on any atom is -0.344 e. The van der Waals surface area contributed by atoms with Crippen molar-refractivity contribution in [3.63, 3.8) is 0 Å². The molecule has 1 atom stereocenters. The molecule has 106 valence electrons. The lowest BCUT2D eigenvalue weighted by Gasteiger charge is -2.14. The molecule has 4 N–H and O–H groups in total. The van der Waals surface area contributed by atoms with Crippen LogP contribution in [-0.4, -0.2) is 10.9 Å². The number of nitrogens with two attached hydrogens (primary N) is 1. The van der Waals surface area contributed by atoms with Gasteiger partial charge in [-0.15, -0.1) is 11.3 Å². The van der Waals surface area contributed by atoms with Crippen LogP contribution in [0.1, 0.15) is 38.8 Å². The first-order valence-electron chi connectivity index (χ1n) is 6.31. The average Bonchev–Trinajstić information content (AvgIpc) is 2.77. The number of hydrazine groups is 1. The minimum absolute atomic E-state index is 0.0521. The van der Waals surface area contributed by atoms with Crippen LogP contribution in [0.15, 0.2) is 24.4 Å². The van der Waals surface area contributed by atoms with E-state index in [1.807, 2.05) is 6.92 Å². The van der Waals surface area contributed by atoms with Crippen LogP contribution in [0.3, 0.4) is 0 Å². The maximum atomic E-state index is 12.2. The molecule has 0 radical (unpaired) electrons. The van der Waals surface area contributed by atoms with E-state index in [0.717, 1.165) is 5.56 Å². The lowest BCUT2D eigenvalue weighted by molar-refractivity contribution is 0.0935. The number of hydrogen-bond acceptors (Lipinski definition) is 5. The van der Waals surface area contributed by atoms with Gasteiger partial charge in [0.1, 0.15) is 5.69 Å². The minimum atomic E-state index is -0.210. The molecule has 0 saturated heterocycles. The largest absolute Gasteiger partial charge is 0.344 e. The first kappa shape index (κ1) is 14.5. The summed E-state index contributed by atoms with van der Waals surface area (Å²) in [5.74, 6) is 5.12. The molecule has 0 aliphatic heterocycles. The maximum absolute atomic E-state index is 12.2. The molecule has 0 saturated carbocycles. The Kier molecular flexibility index (Phi) is 4.36. The Balaban J connectivity index is 2.12. The standard InChI is InChI=1S/C14H18N4OS/c1-8-6-12(10(3)20-8)9(2)17-14(19)13-7-11(18-15)4-5-16-13/h4-7,9H,15H2,1-3H3,(H,16,18)(H,17,19). The van der Waals surface area contributed by atoms with Crippen LogP contribution in [-0.2, 0) is 0 Å². The smallest absolute Gasteiger partial charge is 0.270 e. The van der Waals surface area contributed by atoms with Crippen molar-refractivity contribution >= 4 is 22.9 Å². The summed E-state index contributed by atoms with van der Waals surface area (Å²) in [6.07, 6.45) is 1.55. The molecular weight excluding hydrogens is 272 g/mol. The van der Waals surface area contributed by atoms with Crippen LogP contribution in [0.2, 0.25) is 0 Å². The van der Waals surface area contributed by atoms with Crippen molar-refractivity contribution in [3.8, 4) is 0 Å². The quantitative estimate of drug-likeness (QED) is 0.597. The fraction of sp³-hybridized carbons (Fsp3) is 0.286. The van der Waals surface area contributed by atoms with E-state index in [1.165, 1.54) is 9.75 Å². The van der Waals surface area contributed by atoms with Crippen molar-refractivity contribution in [2.24, 2.45) is 5.84 Å². The molecule has 0 aliphatic rings. The zero-order valence-electron chi connectivity index (χ0n) is 11.7. The van der Waals surface area contributed by atoms with Crippen LogP contribution in [0.4, 0.5) is 5.69 Å². The number of hydrogen-bond donors (Lipinski definition) is 3. The van der Waals surface area contributed by atoms with Gasteiger partial charge in [-0.3, -0.25) is 15.6 Å². The molecule has 2 aromatic heterocycles. The summed E-state index contributed by atoms with van der Waals surface area (Å²) in [7, 11) is 0. The van der Waals surface area contributed by atoms with Crippen molar-refractivity contribution in [3.05, 3.63) is 45.4 Å². The van der Waals surface area contributed by atoms with Crippen molar-refractivity contribution in [1.29, 1.82) is 0 Å². The van der Waals surface area contributed by atoms with Crippen molar-refractivity contribution in [2.45, 2.75) is 26.8 Å².